The zero-order valence-electron chi connectivity index (χ0n) is 15.3. The van der Waals surface area contributed by atoms with E-state index in [1.807, 2.05) is 0 Å². The van der Waals surface area contributed by atoms with Gasteiger partial charge in [-0.1, -0.05) is 77.6 Å². The molecule has 0 aromatic carbocycles. The minimum absolute atomic E-state index is 0. The molecule has 0 aliphatic carbocycles. The molecular formula is C17H35NaO4S. The van der Waals surface area contributed by atoms with Crippen LogP contribution in [0.4, 0.5) is 0 Å². The van der Waals surface area contributed by atoms with E-state index in [2.05, 4.69) is 6.92 Å². The molecule has 0 fully saturated rings. The molecule has 0 aromatic heterocycles. The Morgan fingerprint density at radius 3 is 1.57 bits per heavy atom. The second-order valence-corrected chi connectivity index (χ2v) is 7.96. The number of aliphatic hydroxyl groups excluding tert-OH is 1. The first-order chi connectivity index (χ1) is 10.5. The quantitative estimate of drug-likeness (QED) is 0.257. The Labute approximate surface area is 165 Å². The van der Waals surface area contributed by atoms with Gasteiger partial charge in [-0.2, -0.15) is 0 Å². The predicted molar refractivity (Wildman–Crippen MR) is 90.9 cm³/mol. The Hall–Kier alpha value is 0.870. The maximum Gasteiger partial charge on any atom is 1.00 e. The van der Waals surface area contributed by atoms with Gasteiger partial charge in [0.2, 0.25) is 0 Å². The van der Waals surface area contributed by atoms with Crippen LogP contribution in [-0.4, -0.2) is 29.9 Å². The van der Waals surface area contributed by atoms with Crippen LogP contribution in [0.25, 0.3) is 0 Å². The van der Waals surface area contributed by atoms with E-state index in [-0.39, 0.29) is 36.2 Å². The molecule has 0 aliphatic heterocycles. The third kappa shape index (κ3) is 17.5. The third-order valence-corrected chi connectivity index (χ3v) is 5.51. The summed E-state index contributed by atoms with van der Waals surface area (Å²) in [7, 11) is -4.17. The summed E-state index contributed by atoms with van der Waals surface area (Å²) in [6.07, 6.45) is 13.8. The van der Waals surface area contributed by atoms with E-state index in [1.54, 1.807) is 0 Å². The van der Waals surface area contributed by atoms with Crippen molar-refractivity contribution in [1.29, 1.82) is 0 Å². The average molecular weight is 359 g/mol. The summed E-state index contributed by atoms with van der Waals surface area (Å²) in [5, 5.41) is 7.98. The van der Waals surface area contributed by atoms with Crippen molar-refractivity contribution in [3.05, 3.63) is 0 Å². The SMILES string of the molecule is CCCCCCCCCCCC(CCCCCO)S(=O)(=O)[O-].[Na+]. The Kier molecular flexibility index (Phi) is 20.1. The van der Waals surface area contributed by atoms with Gasteiger partial charge in [-0.25, -0.2) is 8.42 Å². The van der Waals surface area contributed by atoms with Gasteiger partial charge < -0.3 is 9.66 Å². The van der Waals surface area contributed by atoms with Crippen molar-refractivity contribution >= 4 is 10.1 Å². The van der Waals surface area contributed by atoms with E-state index < -0.39 is 15.4 Å². The molecule has 0 radical (unpaired) electrons. The summed E-state index contributed by atoms with van der Waals surface area (Å²) >= 11 is 0. The van der Waals surface area contributed by atoms with Crippen LogP contribution in [0.5, 0.6) is 0 Å². The minimum Gasteiger partial charge on any atom is -0.748 e. The first-order valence-electron chi connectivity index (χ1n) is 9.08. The van der Waals surface area contributed by atoms with E-state index in [9.17, 15) is 13.0 Å². The maximum atomic E-state index is 11.3. The normalized spacial score (nSPS) is 12.8. The van der Waals surface area contributed by atoms with Gasteiger partial charge in [-0.3, -0.25) is 0 Å². The summed E-state index contributed by atoms with van der Waals surface area (Å²) in [6, 6.07) is 0. The Morgan fingerprint density at radius 2 is 1.17 bits per heavy atom. The van der Waals surface area contributed by atoms with E-state index in [4.69, 9.17) is 5.11 Å². The molecule has 4 nitrogen and oxygen atoms in total. The number of hydrogen-bond donors (Lipinski definition) is 1. The Bertz CT molecular complexity index is 333. The molecule has 0 aliphatic rings. The van der Waals surface area contributed by atoms with Crippen LogP contribution >= 0.6 is 0 Å². The summed E-state index contributed by atoms with van der Waals surface area (Å²) in [6.45, 7) is 2.34. The van der Waals surface area contributed by atoms with Gasteiger partial charge in [0.15, 0.2) is 0 Å². The fourth-order valence-corrected chi connectivity index (χ4v) is 3.69. The van der Waals surface area contributed by atoms with Gasteiger partial charge in [0.05, 0.1) is 10.1 Å². The maximum absolute atomic E-state index is 11.3. The number of rotatable bonds is 16. The van der Waals surface area contributed by atoms with Crippen molar-refractivity contribution in [1.82, 2.24) is 0 Å². The van der Waals surface area contributed by atoms with E-state index >= 15 is 0 Å². The zero-order valence-corrected chi connectivity index (χ0v) is 18.1. The van der Waals surface area contributed by atoms with Crippen molar-refractivity contribution in [3.8, 4) is 0 Å². The predicted octanol–water partition coefficient (Wildman–Crippen LogP) is 1.38. The van der Waals surface area contributed by atoms with Crippen LogP contribution in [0.15, 0.2) is 0 Å². The van der Waals surface area contributed by atoms with Gasteiger partial charge in [-0.15, -0.1) is 0 Å². The summed E-state index contributed by atoms with van der Waals surface area (Å²) in [4.78, 5) is 0. The van der Waals surface area contributed by atoms with E-state index in [0.29, 0.717) is 25.7 Å². The van der Waals surface area contributed by atoms with Crippen molar-refractivity contribution in [2.75, 3.05) is 6.61 Å². The molecule has 0 amide bonds. The zero-order chi connectivity index (χ0) is 16.7. The Balaban J connectivity index is 0. The van der Waals surface area contributed by atoms with Gasteiger partial charge in [0, 0.05) is 11.9 Å². The smallest absolute Gasteiger partial charge is 0.748 e. The van der Waals surface area contributed by atoms with Crippen molar-refractivity contribution < 1.29 is 47.6 Å². The minimum atomic E-state index is -4.17. The molecule has 23 heavy (non-hydrogen) atoms. The molecule has 1 unspecified atom stereocenters. The Morgan fingerprint density at radius 1 is 0.783 bits per heavy atom. The second-order valence-electron chi connectivity index (χ2n) is 6.30. The van der Waals surface area contributed by atoms with E-state index in [1.165, 1.54) is 38.5 Å². The monoisotopic (exact) mass is 358 g/mol. The molecule has 0 saturated heterocycles. The summed E-state index contributed by atoms with van der Waals surface area (Å²) in [5.74, 6) is 0. The van der Waals surface area contributed by atoms with Crippen LogP contribution in [0.1, 0.15) is 96.8 Å². The van der Waals surface area contributed by atoms with Crippen LogP contribution in [0.3, 0.4) is 0 Å². The van der Waals surface area contributed by atoms with Gasteiger partial charge >= 0.3 is 29.6 Å². The van der Waals surface area contributed by atoms with Crippen molar-refractivity contribution in [2.45, 2.75) is 102 Å². The van der Waals surface area contributed by atoms with Crippen LogP contribution in [0, 0.1) is 0 Å². The molecule has 0 heterocycles. The molecule has 1 atom stereocenters. The summed E-state index contributed by atoms with van der Waals surface area (Å²) < 4.78 is 33.8. The first kappa shape index (κ1) is 26.1. The van der Waals surface area contributed by atoms with Gasteiger partial charge in [0.25, 0.3) is 0 Å². The fourth-order valence-electron chi connectivity index (χ4n) is 2.78. The molecule has 0 rings (SSSR count). The van der Waals surface area contributed by atoms with Crippen molar-refractivity contribution in [3.63, 3.8) is 0 Å². The molecule has 0 spiro atoms. The second kappa shape index (κ2) is 17.7. The molecule has 0 bridgehead atoms. The average Bonchev–Trinajstić information content (AvgIpc) is 2.46. The molecule has 0 saturated carbocycles. The molecular weight excluding hydrogens is 323 g/mol. The van der Waals surface area contributed by atoms with Crippen molar-refractivity contribution in [2.24, 2.45) is 0 Å². The standard InChI is InChI=1S/C17H36O4S.Na/c1-2-3-4-5-6-7-8-9-11-14-17(22(19,20)21)15-12-10-13-16-18;/h17-18H,2-16H2,1H3,(H,19,20,21);/q;+1/p-1. The molecule has 1 N–H and O–H groups in total. The molecule has 0 aromatic rings. The van der Waals surface area contributed by atoms with Gasteiger partial charge in [0.1, 0.15) is 0 Å². The fraction of sp³-hybridized carbons (Fsp3) is 1.00. The van der Waals surface area contributed by atoms with E-state index in [0.717, 1.165) is 25.7 Å². The largest absolute Gasteiger partial charge is 1.00 e. The number of aliphatic hydroxyl groups is 1. The molecule has 134 valence electrons. The van der Waals surface area contributed by atoms with Crippen LogP contribution < -0.4 is 29.6 Å². The number of hydrogen-bond acceptors (Lipinski definition) is 4. The van der Waals surface area contributed by atoms with Crippen LogP contribution in [-0.2, 0) is 10.1 Å². The van der Waals surface area contributed by atoms with Crippen LogP contribution in [0.2, 0.25) is 0 Å². The number of unbranched alkanes of at least 4 members (excludes halogenated alkanes) is 10. The topological polar surface area (TPSA) is 77.4 Å². The van der Waals surface area contributed by atoms with Gasteiger partial charge in [-0.05, 0) is 19.3 Å². The molecule has 6 heteroatoms. The third-order valence-electron chi connectivity index (χ3n) is 4.22. The first-order valence-corrected chi connectivity index (χ1v) is 10.5. The summed E-state index contributed by atoms with van der Waals surface area (Å²) in [5.41, 5.74) is 0.